The maximum atomic E-state index is 11.8. The predicted molar refractivity (Wildman–Crippen MR) is 78.8 cm³/mol. The van der Waals surface area contributed by atoms with Gasteiger partial charge in [-0.15, -0.1) is 11.3 Å². The molecule has 0 aliphatic carbocycles. The van der Waals surface area contributed by atoms with Crippen molar-refractivity contribution in [3.8, 4) is 5.75 Å². The molecule has 0 aliphatic heterocycles. The highest BCUT2D eigenvalue weighted by molar-refractivity contribution is 7.14. The third kappa shape index (κ3) is 3.88. The number of rotatable bonds is 6. The summed E-state index contributed by atoms with van der Waals surface area (Å²) in [6, 6.07) is 9.27. The molecule has 1 aromatic carbocycles. The zero-order chi connectivity index (χ0) is 15.2. The summed E-state index contributed by atoms with van der Waals surface area (Å²) in [5.41, 5.74) is 0.0704. The molecule has 0 N–H and O–H groups in total. The van der Waals surface area contributed by atoms with Gasteiger partial charge in [-0.1, -0.05) is 18.2 Å². The zero-order valence-corrected chi connectivity index (χ0v) is 12.6. The van der Waals surface area contributed by atoms with E-state index in [0.717, 1.165) is 11.3 Å². The number of hydrogen-bond donors (Lipinski definition) is 0. The van der Waals surface area contributed by atoms with Gasteiger partial charge in [-0.05, 0) is 19.1 Å². The standard InChI is InChI=1S/C15H15NO4S/c1-3-19-15(18)13-14(10(2)17)21-12(16-13)9-20-11-7-5-4-6-8-11/h4-8H,3,9H2,1-2H3. The number of ether oxygens (including phenoxy) is 2. The second kappa shape index (κ2) is 6.99. The zero-order valence-electron chi connectivity index (χ0n) is 11.8. The van der Waals surface area contributed by atoms with Crippen LogP contribution in [0.3, 0.4) is 0 Å². The van der Waals surface area contributed by atoms with Crippen LogP contribution in [0.2, 0.25) is 0 Å². The van der Waals surface area contributed by atoms with E-state index in [1.54, 1.807) is 6.92 Å². The molecule has 0 aliphatic rings. The van der Waals surface area contributed by atoms with E-state index in [1.165, 1.54) is 6.92 Å². The van der Waals surface area contributed by atoms with Crippen molar-refractivity contribution in [2.45, 2.75) is 20.5 Å². The highest BCUT2D eigenvalue weighted by atomic mass is 32.1. The first-order valence-corrected chi connectivity index (χ1v) is 7.29. The summed E-state index contributed by atoms with van der Waals surface area (Å²) in [4.78, 5) is 27.8. The van der Waals surface area contributed by atoms with Crippen LogP contribution in [0.4, 0.5) is 0 Å². The summed E-state index contributed by atoms with van der Waals surface area (Å²) in [6.45, 7) is 3.55. The average Bonchev–Trinajstić information content (AvgIpc) is 2.91. The van der Waals surface area contributed by atoms with Crippen molar-refractivity contribution >= 4 is 23.1 Å². The Labute approximate surface area is 126 Å². The van der Waals surface area contributed by atoms with Crippen molar-refractivity contribution in [1.82, 2.24) is 4.98 Å². The predicted octanol–water partition coefficient (Wildman–Crippen LogP) is 3.10. The molecule has 0 amide bonds. The molecule has 0 saturated carbocycles. The van der Waals surface area contributed by atoms with Gasteiger partial charge in [0.25, 0.3) is 0 Å². The molecule has 0 unspecified atom stereocenters. The number of carbonyl (C=O) groups is 2. The minimum atomic E-state index is -0.579. The first kappa shape index (κ1) is 15.2. The van der Waals surface area contributed by atoms with Gasteiger partial charge in [0.2, 0.25) is 0 Å². The summed E-state index contributed by atoms with van der Waals surface area (Å²) in [5.74, 6) is -0.0822. The number of aromatic nitrogens is 1. The molecule has 0 bridgehead atoms. The van der Waals surface area contributed by atoms with E-state index in [9.17, 15) is 9.59 Å². The van der Waals surface area contributed by atoms with Crippen LogP contribution in [0, 0.1) is 0 Å². The van der Waals surface area contributed by atoms with Crippen LogP contribution < -0.4 is 4.74 Å². The van der Waals surface area contributed by atoms with Crippen molar-refractivity contribution in [3.63, 3.8) is 0 Å². The van der Waals surface area contributed by atoms with Crippen molar-refractivity contribution in [2.24, 2.45) is 0 Å². The van der Waals surface area contributed by atoms with Crippen molar-refractivity contribution in [2.75, 3.05) is 6.61 Å². The van der Waals surface area contributed by atoms with E-state index in [4.69, 9.17) is 9.47 Å². The fourth-order valence-electron chi connectivity index (χ4n) is 1.66. The second-order valence-electron chi connectivity index (χ2n) is 4.16. The Bertz CT molecular complexity index is 636. The van der Waals surface area contributed by atoms with E-state index < -0.39 is 5.97 Å². The van der Waals surface area contributed by atoms with E-state index in [0.29, 0.717) is 15.6 Å². The quantitative estimate of drug-likeness (QED) is 0.606. The fraction of sp³-hybridized carbons (Fsp3) is 0.267. The van der Waals surface area contributed by atoms with Crippen LogP contribution in [0.15, 0.2) is 30.3 Å². The van der Waals surface area contributed by atoms with E-state index >= 15 is 0 Å². The van der Waals surface area contributed by atoms with Crippen molar-refractivity contribution in [3.05, 3.63) is 45.9 Å². The number of Topliss-reactive ketones (excluding diaryl/α,β-unsaturated/α-hetero) is 1. The molecule has 0 radical (unpaired) electrons. The van der Waals surface area contributed by atoms with Crippen LogP contribution >= 0.6 is 11.3 Å². The van der Waals surface area contributed by atoms with Crippen LogP contribution in [0.5, 0.6) is 5.75 Å². The molecule has 6 heteroatoms. The summed E-state index contributed by atoms with van der Waals surface area (Å²) in [6.07, 6.45) is 0. The van der Waals surface area contributed by atoms with Gasteiger partial charge in [-0.3, -0.25) is 4.79 Å². The van der Waals surface area contributed by atoms with Gasteiger partial charge in [0.15, 0.2) is 11.5 Å². The Balaban J connectivity index is 2.15. The monoisotopic (exact) mass is 305 g/mol. The van der Waals surface area contributed by atoms with Crippen LogP contribution in [0.1, 0.15) is 39.0 Å². The molecule has 0 fully saturated rings. The third-order valence-corrected chi connectivity index (χ3v) is 3.70. The number of ketones is 1. The van der Waals surface area contributed by atoms with E-state index in [1.807, 2.05) is 30.3 Å². The van der Waals surface area contributed by atoms with Gasteiger partial charge in [0.05, 0.1) is 6.61 Å². The molecule has 2 aromatic rings. The number of benzene rings is 1. The van der Waals surface area contributed by atoms with Crippen LogP contribution in [-0.4, -0.2) is 23.3 Å². The Hall–Kier alpha value is -2.21. The first-order chi connectivity index (χ1) is 10.1. The highest BCUT2D eigenvalue weighted by Gasteiger charge is 2.22. The lowest BCUT2D eigenvalue weighted by molar-refractivity contribution is 0.0517. The summed E-state index contributed by atoms with van der Waals surface area (Å²) >= 11 is 1.15. The Morgan fingerprint density at radius 2 is 1.95 bits per heavy atom. The molecule has 0 atom stereocenters. The highest BCUT2D eigenvalue weighted by Crippen LogP contribution is 2.22. The first-order valence-electron chi connectivity index (χ1n) is 6.47. The van der Waals surface area contributed by atoms with Gasteiger partial charge < -0.3 is 9.47 Å². The smallest absolute Gasteiger partial charge is 0.358 e. The number of hydrogen-bond acceptors (Lipinski definition) is 6. The molecule has 5 nitrogen and oxygen atoms in total. The summed E-state index contributed by atoms with van der Waals surface area (Å²) in [5, 5.41) is 0.562. The lowest BCUT2D eigenvalue weighted by Gasteiger charge is -2.02. The fourth-order valence-corrected chi connectivity index (χ4v) is 2.52. The molecule has 0 spiro atoms. The topological polar surface area (TPSA) is 65.5 Å². The SMILES string of the molecule is CCOC(=O)c1nc(COc2ccccc2)sc1C(C)=O. The summed E-state index contributed by atoms with van der Waals surface area (Å²) < 4.78 is 10.5. The van der Waals surface area contributed by atoms with Crippen LogP contribution in [0.25, 0.3) is 0 Å². The molecule has 0 saturated heterocycles. The number of para-hydroxylation sites is 1. The number of nitrogens with zero attached hydrogens (tertiary/aromatic N) is 1. The van der Waals surface area contributed by atoms with Crippen molar-refractivity contribution < 1.29 is 19.1 Å². The molecular formula is C15H15NO4S. The maximum Gasteiger partial charge on any atom is 0.358 e. The van der Waals surface area contributed by atoms with E-state index in [-0.39, 0.29) is 24.7 Å². The largest absolute Gasteiger partial charge is 0.486 e. The molecule has 21 heavy (non-hydrogen) atoms. The van der Waals surface area contributed by atoms with E-state index in [2.05, 4.69) is 4.98 Å². The number of esters is 1. The lowest BCUT2D eigenvalue weighted by atomic mass is 10.3. The minimum Gasteiger partial charge on any atom is -0.486 e. The second-order valence-corrected chi connectivity index (χ2v) is 5.25. The number of thiazole rings is 1. The number of carbonyl (C=O) groups excluding carboxylic acids is 2. The molecule has 1 heterocycles. The Morgan fingerprint density at radius 3 is 2.57 bits per heavy atom. The van der Waals surface area contributed by atoms with Gasteiger partial charge in [0, 0.05) is 6.92 Å². The maximum absolute atomic E-state index is 11.8. The summed E-state index contributed by atoms with van der Waals surface area (Å²) in [7, 11) is 0. The Kier molecular flexibility index (Phi) is 5.05. The van der Waals surface area contributed by atoms with Gasteiger partial charge in [-0.2, -0.15) is 0 Å². The van der Waals surface area contributed by atoms with Gasteiger partial charge in [0.1, 0.15) is 22.2 Å². The Morgan fingerprint density at radius 1 is 1.24 bits per heavy atom. The minimum absolute atomic E-state index is 0.0704. The van der Waals surface area contributed by atoms with Crippen molar-refractivity contribution in [1.29, 1.82) is 0 Å². The molecule has 1 aromatic heterocycles. The molecule has 2 rings (SSSR count). The lowest BCUT2D eigenvalue weighted by Crippen LogP contribution is -2.09. The van der Waals surface area contributed by atoms with Crippen LogP contribution in [-0.2, 0) is 11.3 Å². The van der Waals surface area contributed by atoms with Gasteiger partial charge in [-0.25, -0.2) is 9.78 Å². The normalized spacial score (nSPS) is 10.2. The molecule has 110 valence electrons. The van der Waals surface area contributed by atoms with Gasteiger partial charge >= 0.3 is 5.97 Å². The molecular weight excluding hydrogens is 290 g/mol. The average molecular weight is 305 g/mol. The third-order valence-electron chi connectivity index (χ3n) is 2.57.